The van der Waals surface area contributed by atoms with E-state index in [0.29, 0.717) is 18.5 Å². The van der Waals surface area contributed by atoms with Crippen molar-refractivity contribution in [1.29, 1.82) is 0 Å². The maximum absolute atomic E-state index is 12.1. The molecule has 0 saturated carbocycles. The summed E-state index contributed by atoms with van der Waals surface area (Å²) in [6, 6.07) is 0.701. The molecule has 0 spiro atoms. The summed E-state index contributed by atoms with van der Waals surface area (Å²) >= 11 is 0. The molecule has 6 nitrogen and oxygen atoms in total. The predicted octanol–water partition coefficient (Wildman–Crippen LogP) is 1.63. The summed E-state index contributed by atoms with van der Waals surface area (Å²) in [5.41, 5.74) is 0. The van der Waals surface area contributed by atoms with Crippen molar-refractivity contribution in [3.8, 4) is 0 Å². The van der Waals surface area contributed by atoms with Gasteiger partial charge in [-0.25, -0.2) is 8.42 Å². The molecule has 1 atom stereocenters. The van der Waals surface area contributed by atoms with Crippen LogP contribution in [0.25, 0.3) is 0 Å². The van der Waals surface area contributed by atoms with Crippen molar-refractivity contribution >= 4 is 15.8 Å². The van der Waals surface area contributed by atoms with Crippen LogP contribution in [0, 0.1) is 0 Å². The van der Waals surface area contributed by atoms with E-state index in [1.165, 1.54) is 32.2 Å². The fourth-order valence-electron chi connectivity index (χ4n) is 2.97. The molecule has 0 bridgehead atoms. The van der Waals surface area contributed by atoms with E-state index in [1.54, 1.807) is 27.8 Å². The number of aliphatic imine (C=N–C) groups is 1. The van der Waals surface area contributed by atoms with Crippen molar-refractivity contribution in [3.05, 3.63) is 0 Å². The number of sulfone groups is 1. The first-order chi connectivity index (χ1) is 11.2. The van der Waals surface area contributed by atoms with Gasteiger partial charge in [-0.05, 0) is 46.6 Å². The lowest BCUT2D eigenvalue weighted by atomic mass is 10.0. The Labute approximate surface area is 148 Å². The first kappa shape index (κ1) is 21.2. The van der Waals surface area contributed by atoms with E-state index in [2.05, 4.69) is 27.4 Å². The summed E-state index contributed by atoms with van der Waals surface area (Å²) in [5, 5.41) is 6.39. The lowest BCUT2D eigenvalue weighted by molar-refractivity contribution is 0.147. The van der Waals surface area contributed by atoms with E-state index >= 15 is 0 Å². The molecule has 0 aromatic rings. The highest BCUT2D eigenvalue weighted by molar-refractivity contribution is 7.92. The van der Waals surface area contributed by atoms with Gasteiger partial charge in [0.15, 0.2) is 15.8 Å². The maximum atomic E-state index is 12.1. The Balaban J connectivity index is 2.33. The fourth-order valence-corrected chi connectivity index (χ4v) is 3.95. The quantitative estimate of drug-likeness (QED) is 0.533. The van der Waals surface area contributed by atoms with Crippen molar-refractivity contribution in [3.63, 3.8) is 0 Å². The number of hydrogen-bond acceptors (Lipinski definition) is 4. The van der Waals surface area contributed by atoms with Gasteiger partial charge >= 0.3 is 0 Å². The van der Waals surface area contributed by atoms with Gasteiger partial charge in [-0.1, -0.05) is 13.3 Å². The van der Waals surface area contributed by atoms with Gasteiger partial charge in [0.2, 0.25) is 0 Å². The molecule has 1 fully saturated rings. The summed E-state index contributed by atoms with van der Waals surface area (Å²) in [6.07, 6.45) is 5.13. The van der Waals surface area contributed by atoms with E-state index in [0.717, 1.165) is 13.1 Å². The van der Waals surface area contributed by atoms with Crippen molar-refractivity contribution in [2.24, 2.45) is 4.99 Å². The zero-order valence-corrected chi connectivity index (χ0v) is 16.9. The molecule has 1 rings (SSSR count). The molecule has 1 saturated heterocycles. The van der Waals surface area contributed by atoms with Crippen LogP contribution in [-0.4, -0.2) is 69.0 Å². The molecule has 1 aliphatic rings. The summed E-state index contributed by atoms with van der Waals surface area (Å²) in [6.45, 7) is 10.8. The third-order valence-corrected chi connectivity index (χ3v) is 7.34. The molecule has 0 radical (unpaired) electrons. The third-order valence-electron chi connectivity index (χ3n) is 4.73. The number of nitrogens with zero attached hydrogens (tertiary/aromatic N) is 2. The number of hydrogen-bond donors (Lipinski definition) is 2. The molecule has 2 N–H and O–H groups in total. The van der Waals surface area contributed by atoms with Crippen LogP contribution in [0.15, 0.2) is 4.99 Å². The number of likely N-dealkylation sites (tertiary alicyclic amines) is 1. The number of rotatable bonds is 7. The predicted molar refractivity (Wildman–Crippen MR) is 102 cm³/mol. The smallest absolute Gasteiger partial charge is 0.191 e. The van der Waals surface area contributed by atoms with E-state index < -0.39 is 14.6 Å². The molecular weight excluding hydrogens is 324 g/mol. The molecular formula is C17H36N4O2S. The first-order valence-electron chi connectivity index (χ1n) is 9.12. The lowest BCUT2D eigenvalue weighted by Crippen LogP contribution is -2.46. The topological polar surface area (TPSA) is 73.8 Å². The minimum atomic E-state index is -3.10. The minimum absolute atomic E-state index is 0.112. The van der Waals surface area contributed by atoms with Gasteiger partial charge in [-0.2, -0.15) is 0 Å². The summed E-state index contributed by atoms with van der Waals surface area (Å²) in [7, 11) is -1.39. The molecule has 0 aromatic carbocycles. The van der Waals surface area contributed by atoms with Crippen LogP contribution < -0.4 is 10.6 Å². The number of nitrogens with one attached hydrogen (secondary N) is 2. The Hall–Kier alpha value is -0.820. The molecule has 0 aromatic heterocycles. The maximum Gasteiger partial charge on any atom is 0.191 e. The monoisotopic (exact) mass is 360 g/mol. The molecule has 1 unspecified atom stereocenters. The van der Waals surface area contributed by atoms with E-state index in [9.17, 15) is 8.42 Å². The zero-order chi connectivity index (χ0) is 18.2. The van der Waals surface area contributed by atoms with Gasteiger partial charge in [-0.3, -0.25) is 9.89 Å². The van der Waals surface area contributed by atoms with Crippen LogP contribution in [0.3, 0.4) is 0 Å². The summed E-state index contributed by atoms with van der Waals surface area (Å²) in [4.78, 5) is 6.72. The molecule has 1 heterocycles. The van der Waals surface area contributed by atoms with Crippen LogP contribution in [0.5, 0.6) is 0 Å². The molecule has 0 amide bonds. The largest absolute Gasteiger partial charge is 0.355 e. The van der Waals surface area contributed by atoms with Gasteiger partial charge in [0.05, 0.1) is 10.5 Å². The van der Waals surface area contributed by atoms with E-state index in [1.807, 2.05) is 0 Å². The van der Waals surface area contributed by atoms with Gasteiger partial charge in [0, 0.05) is 32.7 Å². The van der Waals surface area contributed by atoms with Gasteiger partial charge in [-0.15, -0.1) is 0 Å². The van der Waals surface area contributed by atoms with Crippen LogP contribution in [0.2, 0.25) is 0 Å². The van der Waals surface area contributed by atoms with Gasteiger partial charge in [0.1, 0.15) is 0 Å². The minimum Gasteiger partial charge on any atom is -0.355 e. The van der Waals surface area contributed by atoms with Crippen molar-refractivity contribution in [2.75, 3.05) is 39.0 Å². The molecule has 1 aliphatic heterocycles. The standard InChI is InChI=1S/C17H36N4O2S/c1-6-15-9-7-8-12-21(15)13-10-19-16(18-5)20-11-14-24(22,23)17(2,3)4/h15H,6-14H2,1-5H3,(H2,18,19,20). The Morgan fingerprint density at radius 1 is 1.21 bits per heavy atom. The Bertz CT molecular complexity index is 497. The Morgan fingerprint density at radius 2 is 1.88 bits per heavy atom. The molecule has 24 heavy (non-hydrogen) atoms. The van der Waals surface area contributed by atoms with Crippen LogP contribution in [0.1, 0.15) is 53.4 Å². The van der Waals surface area contributed by atoms with Gasteiger partial charge in [0.25, 0.3) is 0 Å². The highest BCUT2D eigenvalue weighted by Crippen LogP contribution is 2.18. The van der Waals surface area contributed by atoms with E-state index in [-0.39, 0.29) is 5.75 Å². The Kier molecular flexibility index (Phi) is 8.50. The highest BCUT2D eigenvalue weighted by Gasteiger charge is 2.28. The third kappa shape index (κ3) is 6.59. The van der Waals surface area contributed by atoms with E-state index in [4.69, 9.17) is 0 Å². The zero-order valence-electron chi connectivity index (χ0n) is 16.1. The average Bonchev–Trinajstić information content (AvgIpc) is 2.52. The lowest BCUT2D eigenvalue weighted by Gasteiger charge is -2.35. The number of guanidine groups is 1. The second-order valence-electron chi connectivity index (χ2n) is 7.45. The first-order valence-corrected chi connectivity index (χ1v) is 10.8. The van der Waals surface area contributed by atoms with Crippen LogP contribution in [-0.2, 0) is 9.84 Å². The number of piperidine rings is 1. The van der Waals surface area contributed by atoms with Crippen LogP contribution >= 0.6 is 0 Å². The fraction of sp³-hybridized carbons (Fsp3) is 0.941. The van der Waals surface area contributed by atoms with Crippen LogP contribution in [0.4, 0.5) is 0 Å². The summed E-state index contributed by atoms with van der Waals surface area (Å²) in [5.74, 6) is 0.783. The SMILES string of the molecule is CCC1CCCCN1CCNC(=NC)NCCS(=O)(=O)C(C)(C)C. The molecule has 142 valence electrons. The highest BCUT2D eigenvalue weighted by atomic mass is 32.2. The Morgan fingerprint density at radius 3 is 2.46 bits per heavy atom. The summed E-state index contributed by atoms with van der Waals surface area (Å²) < 4.78 is 23.5. The van der Waals surface area contributed by atoms with Crippen molar-refractivity contribution in [1.82, 2.24) is 15.5 Å². The van der Waals surface area contributed by atoms with Gasteiger partial charge < -0.3 is 10.6 Å². The second kappa shape index (κ2) is 9.61. The van der Waals surface area contributed by atoms with Crippen molar-refractivity contribution < 1.29 is 8.42 Å². The molecule has 7 heteroatoms. The second-order valence-corrected chi connectivity index (χ2v) is 10.3. The average molecular weight is 361 g/mol. The normalized spacial score (nSPS) is 20.9. The van der Waals surface area contributed by atoms with Crippen molar-refractivity contribution in [2.45, 2.75) is 64.2 Å². The molecule has 0 aliphatic carbocycles.